The van der Waals surface area contributed by atoms with Gasteiger partial charge >= 0.3 is 0 Å². The van der Waals surface area contributed by atoms with Crippen molar-refractivity contribution in [3.63, 3.8) is 0 Å². The Kier molecular flexibility index (Phi) is 4.44. The largest absolute Gasteiger partial charge is 0.325 e. The number of anilines is 1. The number of nitrogens with one attached hydrogen (secondary N) is 1. The number of benzene rings is 1. The van der Waals surface area contributed by atoms with Crippen LogP contribution in [0.1, 0.15) is 5.01 Å². The molecule has 3 rings (SSSR count). The maximum atomic E-state index is 11.9. The second-order valence-electron chi connectivity index (χ2n) is 4.95. The number of aromatic nitrogens is 1. The van der Waals surface area contributed by atoms with Crippen molar-refractivity contribution >= 4 is 40.6 Å². The first-order valence-electron chi connectivity index (χ1n) is 6.80. The van der Waals surface area contributed by atoms with Gasteiger partial charge in [0.15, 0.2) is 0 Å². The first-order valence-corrected chi connectivity index (χ1v) is 8.83. The lowest BCUT2D eigenvalue weighted by Gasteiger charge is -2.14. The number of rotatable bonds is 4. The first-order chi connectivity index (χ1) is 10.6. The SMILES string of the molecule is Cc1nc(-c2ccc(NC(=O)CN3CSCC3=O)cc2)cs1. The number of nitrogens with zero attached hydrogens (tertiary/aromatic N) is 2. The van der Waals surface area contributed by atoms with Crippen LogP contribution in [0, 0.1) is 6.92 Å². The van der Waals surface area contributed by atoms with E-state index in [9.17, 15) is 9.59 Å². The van der Waals surface area contributed by atoms with Crippen molar-refractivity contribution < 1.29 is 9.59 Å². The fourth-order valence-electron chi connectivity index (χ4n) is 2.13. The van der Waals surface area contributed by atoms with E-state index in [4.69, 9.17) is 0 Å². The molecule has 1 N–H and O–H groups in total. The van der Waals surface area contributed by atoms with E-state index in [1.807, 2.05) is 36.6 Å². The summed E-state index contributed by atoms with van der Waals surface area (Å²) in [5.41, 5.74) is 2.69. The minimum absolute atomic E-state index is 0.0226. The molecule has 114 valence electrons. The van der Waals surface area contributed by atoms with Gasteiger partial charge in [0.2, 0.25) is 11.8 Å². The van der Waals surface area contributed by atoms with Gasteiger partial charge in [-0.25, -0.2) is 4.98 Å². The van der Waals surface area contributed by atoms with Gasteiger partial charge in [0.1, 0.15) is 6.54 Å². The summed E-state index contributed by atoms with van der Waals surface area (Å²) >= 11 is 3.14. The second kappa shape index (κ2) is 6.50. The Morgan fingerprint density at radius 3 is 2.73 bits per heavy atom. The number of amides is 2. The van der Waals surface area contributed by atoms with Crippen LogP contribution in [0.25, 0.3) is 11.3 Å². The molecule has 1 fully saturated rings. The molecule has 0 aliphatic carbocycles. The molecule has 7 heteroatoms. The van der Waals surface area contributed by atoms with Gasteiger partial charge in [-0.3, -0.25) is 9.59 Å². The Morgan fingerprint density at radius 1 is 1.36 bits per heavy atom. The fraction of sp³-hybridized carbons (Fsp3) is 0.267. The number of aryl methyl sites for hydroxylation is 1. The van der Waals surface area contributed by atoms with Crippen LogP contribution < -0.4 is 5.32 Å². The lowest BCUT2D eigenvalue weighted by atomic mass is 10.1. The van der Waals surface area contributed by atoms with Crippen molar-refractivity contribution in [1.29, 1.82) is 0 Å². The van der Waals surface area contributed by atoms with Crippen LogP contribution in [-0.2, 0) is 9.59 Å². The van der Waals surface area contributed by atoms with Gasteiger partial charge in [-0.2, -0.15) is 0 Å². The standard InChI is InChI=1S/C15H15N3O2S2/c1-10-16-13(7-22-10)11-2-4-12(5-3-11)17-14(19)6-18-9-21-8-15(18)20/h2-5,7H,6,8-9H2,1H3,(H,17,19). The summed E-state index contributed by atoms with van der Waals surface area (Å²) in [6.07, 6.45) is 0. The fourth-order valence-corrected chi connectivity index (χ4v) is 3.66. The molecule has 0 radical (unpaired) electrons. The molecule has 1 aliphatic rings. The number of thioether (sulfide) groups is 1. The van der Waals surface area contributed by atoms with E-state index in [0.717, 1.165) is 22.0 Å². The number of carbonyl (C=O) groups is 2. The van der Waals surface area contributed by atoms with Crippen LogP contribution in [0.4, 0.5) is 5.69 Å². The third-order valence-corrected chi connectivity index (χ3v) is 4.96. The van der Waals surface area contributed by atoms with E-state index in [0.29, 0.717) is 11.6 Å². The highest BCUT2D eigenvalue weighted by atomic mass is 32.2. The zero-order chi connectivity index (χ0) is 15.5. The maximum Gasteiger partial charge on any atom is 0.244 e. The summed E-state index contributed by atoms with van der Waals surface area (Å²) in [4.78, 5) is 29.4. The van der Waals surface area contributed by atoms with Crippen molar-refractivity contribution in [3.05, 3.63) is 34.7 Å². The topological polar surface area (TPSA) is 62.3 Å². The molecule has 2 aromatic rings. The summed E-state index contributed by atoms with van der Waals surface area (Å²) < 4.78 is 0. The van der Waals surface area contributed by atoms with Gasteiger partial charge in [-0.15, -0.1) is 23.1 Å². The van der Waals surface area contributed by atoms with Crippen LogP contribution in [-0.4, -0.2) is 39.9 Å². The molecule has 22 heavy (non-hydrogen) atoms. The van der Waals surface area contributed by atoms with Crippen LogP contribution in [0.3, 0.4) is 0 Å². The number of hydrogen-bond donors (Lipinski definition) is 1. The third-order valence-electron chi connectivity index (χ3n) is 3.24. The lowest BCUT2D eigenvalue weighted by molar-refractivity contribution is -0.130. The van der Waals surface area contributed by atoms with Crippen molar-refractivity contribution in [1.82, 2.24) is 9.88 Å². The average molecular weight is 333 g/mol. The Balaban J connectivity index is 1.61. The molecule has 1 saturated heterocycles. The van der Waals surface area contributed by atoms with E-state index in [1.54, 1.807) is 16.2 Å². The Bertz CT molecular complexity index is 697. The molecule has 1 aliphatic heterocycles. The van der Waals surface area contributed by atoms with Crippen molar-refractivity contribution in [2.75, 3.05) is 23.5 Å². The molecular weight excluding hydrogens is 318 g/mol. The van der Waals surface area contributed by atoms with Gasteiger partial charge in [0, 0.05) is 16.6 Å². The molecule has 0 unspecified atom stereocenters. The highest BCUT2D eigenvalue weighted by Crippen LogP contribution is 2.23. The minimum Gasteiger partial charge on any atom is -0.325 e. The number of thiazole rings is 1. The van der Waals surface area contributed by atoms with E-state index in [-0.39, 0.29) is 18.4 Å². The van der Waals surface area contributed by atoms with E-state index in [2.05, 4.69) is 10.3 Å². The van der Waals surface area contributed by atoms with Crippen LogP contribution >= 0.6 is 23.1 Å². The molecule has 0 bridgehead atoms. The molecule has 2 heterocycles. The van der Waals surface area contributed by atoms with Gasteiger partial charge in [-0.1, -0.05) is 12.1 Å². The molecule has 0 spiro atoms. The predicted octanol–water partition coefficient (Wildman–Crippen LogP) is 2.59. The summed E-state index contributed by atoms with van der Waals surface area (Å²) in [7, 11) is 0. The van der Waals surface area contributed by atoms with Gasteiger partial charge < -0.3 is 10.2 Å². The first kappa shape index (κ1) is 15.1. The molecule has 1 aromatic heterocycles. The molecule has 0 saturated carbocycles. The molecule has 2 amide bonds. The lowest BCUT2D eigenvalue weighted by Crippen LogP contribution is -2.34. The summed E-state index contributed by atoms with van der Waals surface area (Å²) in [6.45, 7) is 2.08. The van der Waals surface area contributed by atoms with E-state index in [1.165, 1.54) is 11.8 Å². The van der Waals surface area contributed by atoms with E-state index < -0.39 is 0 Å². The maximum absolute atomic E-state index is 11.9. The average Bonchev–Trinajstić information content (AvgIpc) is 3.09. The third kappa shape index (κ3) is 3.48. The van der Waals surface area contributed by atoms with Crippen LogP contribution in [0.15, 0.2) is 29.6 Å². The number of carbonyl (C=O) groups excluding carboxylic acids is 2. The zero-order valence-electron chi connectivity index (χ0n) is 12.0. The smallest absolute Gasteiger partial charge is 0.244 e. The Labute approximate surface area is 136 Å². The number of hydrogen-bond acceptors (Lipinski definition) is 5. The summed E-state index contributed by atoms with van der Waals surface area (Å²) in [5.74, 6) is 0.908. The quantitative estimate of drug-likeness (QED) is 0.934. The van der Waals surface area contributed by atoms with Crippen LogP contribution in [0.5, 0.6) is 0 Å². The molecule has 0 atom stereocenters. The van der Waals surface area contributed by atoms with Crippen molar-refractivity contribution in [3.8, 4) is 11.3 Å². The summed E-state index contributed by atoms with van der Waals surface area (Å²) in [5, 5.41) is 5.86. The minimum atomic E-state index is -0.173. The molecular formula is C15H15N3O2S2. The van der Waals surface area contributed by atoms with Crippen molar-refractivity contribution in [2.24, 2.45) is 0 Å². The van der Waals surface area contributed by atoms with Crippen molar-refractivity contribution in [2.45, 2.75) is 6.92 Å². The monoisotopic (exact) mass is 333 g/mol. The van der Waals surface area contributed by atoms with Gasteiger partial charge in [0.25, 0.3) is 0 Å². The summed E-state index contributed by atoms with van der Waals surface area (Å²) in [6, 6.07) is 7.56. The van der Waals surface area contributed by atoms with Crippen LogP contribution in [0.2, 0.25) is 0 Å². The van der Waals surface area contributed by atoms with E-state index >= 15 is 0 Å². The molecule has 1 aromatic carbocycles. The highest BCUT2D eigenvalue weighted by Gasteiger charge is 2.22. The second-order valence-corrected chi connectivity index (χ2v) is 6.96. The Morgan fingerprint density at radius 2 is 2.14 bits per heavy atom. The predicted molar refractivity (Wildman–Crippen MR) is 90.0 cm³/mol. The van der Waals surface area contributed by atoms with Gasteiger partial charge in [-0.05, 0) is 19.1 Å². The highest BCUT2D eigenvalue weighted by molar-refractivity contribution is 8.00. The molecule has 5 nitrogen and oxygen atoms in total. The normalized spacial score (nSPS) is 14.4. The Hall–Kier alpha value is -1.86. The zero-order valence-corrected chi connectivity index (χ0v) is 13.7. The van der Waals surface area contributed by atoms with Gasteiger partial charge in [0.05, 0.1) is 22.3 Å².